The van der Waals surface area contributed by atoms with E-state index in [4.69, 9.17) is 5.73 Å². The van der Waals surface area contributed by atoms with Crippen LogP contribution < -0.4 is 5.73 Å². The number of likely N-dealkylation sites (tertiary alicyclic amines) is 1. The van der Waals surface area contributed by atoms with Gasteiger partial charge in [0.15, 0.2) is 0 Å². The van der Waals surface area contributed by atoms with Crippen molar-refractivity contribution in [3.05, 3.63) is 0 Å². The number of aliphatic hydroxyl groups excluding tert-OH is 1. The highest BCUT2D eigenvalue weighted by Gasteiger charge is 2.36. The average molecular weight is 268 g/mol. The molecule has 19 heavy (non-hydrogen) atoms. The fourth-order valence-corrected chi connectivity index (χ4v) is 3.70. The van der Waals surface area contributed by atoms with Gasteiger partial charge >= 0.3 is 0 Å². The summed E-state index contributed by atoms with van der Waals surface area (Å²) in [6.07, 6.45) is 9.58. The van der Waals surface area contributed by atoms with Crippen LogP contribution in [0.4, 0.5) is 0 Å². The Hall–Kier alpha value is -0.610. The van der Waals surface area contributed by atoms with Crippen LogP contribution in [0.2, 0.25) is 0 Å². The van der Waals surface area contributed by atoms with Crippen molar-refractivity contribution in [2.45, 2.75) is 63.8 Å². The van der Waals surface area contributed by atoms with Crippen molar-refractivity contribution < 1.29 is 9.90 Å². The first-order valence-electron chi connectivity index (χ1n) is 7.81. The molecule has 4 nitrogen and oxygen atoms in total. The topological polar surface area (TPSA) is 66.6 Å². The van der Waals surface area contributed by atoms with Crippen LogP contribution in [0.15, 0.2) is 0 Å². The molecule has 0 spiro atoms. The molecular formula is C15H28N2O2. The second-order valence-corrected chi connectivity index (χ2v) is 6.36. The van der Waals surface area contributed by atoms with E-state index in [9.17, 15) is 9.90 Å². The number of rotatable bonds is 4. The summed E-state index contributed by atoms with van der Waals surface area (Å²) < 4.78 is 0. The van der Waals surface area contributed by atoms with Crippen LogP contribution in [0.25, 0.3) is 0 Å². The first-order chi connectivity index (χ1) is 9.21. The lowest BCUT2D eigenvalue weighted by molar-refractivity contribution is -0.139. The van der Waals surface area contributed by atoms with Gasteiger partial charge in [0, 0.05) is 13.0 Å². The summed E-state index contributed by atoms with van der Waals surface area (Å²) in [4.78, 5) is 14.5. The van der Waals surface area contributed by atoms with Crippen molar-refractivity contribution in [1.82, 2.24) is 4.90 Å². The third kappa shape index (κ3) is 3.48. The zero-order valence-corrected chi connectivity index (χ0v) is 11.9. The molecule has 0 aromatic carbocycles. The molecule has 1 saturated heterocycles. The maximum Gasteiger partial charge on any atom is 0.223 e. The van der Waals surface area contributed by atoms with Gasteiger partial charge in [-0.15, -0.1) is 0 Å². The van der Waals surface area contributed by atoms with Crippen molar-refractivity contribution in [3.63, 3.8) is 0 Å². The molecule has 4 heteroatoms. The van der Waals surface area contributed by atoms with Gasteiger partial charge in [0.1, 0.15) is 0 Å². The third-order valence-corrected chi connectivity index (χ3v) is 5.03. The predicted octanol–water partition coefficient (Wildman–Crippen LogP) is 1.66. The fraction of sp³-hybridized carbons (Fsp3) is 0.933. The van der Waals surface area contributed by atoms with E-state index in [1.54, 1.807) is 0 Å². The minimum atomic E-state index is 0.0345. The highest BCUT2D eigenvalue weighted by Crippen LogP contribution is 2.39. The lowest BCUT2D eigenvalue weighted by Gasteiger charge is -2.40. The zero-order chi connectivity index (χ0) is 13.7. The molecule has 1 heterocycles. The zero-order valence-electron chi connectivity index (χ0n) is 11.9. The number of carbonyl (C=O) groups is 1. The van der Waals surface area contributed by atoms with E-state index in [0.29, 0.717) is 13.0 Å². The number of carbonyl (C=O) groups excluding carboxylic acids is 1. The van der Waals surface area contributed by atoms with Crippen LogP contribution >= 0.6 is 0 Å². The molecule has 2 fully saturated rings. The van der Waals surface area contributed by atoms with E-state index in [0.717, 1.165) is 38.6 Å². The van der Waals surface area contributed by atoms with Crippen LogP contribution in [-0.4, -0.2) is 41.7 Å². The van der Waals surface area contributed by atoms with Gasteiger partial charge in [0.25, 0.3) is 0 Å². The first-order valence-corrected chi connectivity index (χ1v) is 7.81. The summed E-state index contributed by atoms with van der Waals surface area (Å²) in [5, 5.41) is 9.42. The second kappa shape index (κ2) is 6.71. The SMILES string of the molecule is NCC1(CC(=O)N2CCCCC2CO)CCCCC1. The standard InChI is InChI=1S/C15H28N2O2/c16-12-15(7-3-1-4-8-15)10-14(19)17-9-5-2-6-13(17)11-18/h13,18H,1-12,16H2. The lowest BCUT2D eigenvalue weighted by Crippen LogP contribution is -2.48. The quantitative estimate of drug-likeness (QED) is 0.815. The number of aliphatic hydroxyl groups is 1. The smallest absolute Gasteiger partial charge is 0.223 e. The Morgan fingerprint density at radius 2 is 1.95 bits per heavy atom. The monoisotopic (exact) mass is 268 g/mol. The average Bonchev–Trinajstić information content (AvgIpc) is 2.48. The Balaban J connectivity index is 1.98. The molecule has 1 saturated carbocycles. The third-order valence-electron chi connectivity index (χ3n) is 5.03. The van der Waals surface area contributed by atoms with Gasteiger partial charge in [0.05, 0.1) is 12.6 Å². The summed E-state index contributed by atoms with van der Waals surface area (Å²) >= 11 is 0. The minimum Gasteiger partial charge on any atom is -0.394 e. The largest absolute Gasteiger partial charge is 0.394 e. The highest BCUT2D eigenvalue weighted by molar-refractivity contribution is 5.77. The van der Waals surface area contributed by atoms with E-state index in [1.807, 2.05) is 4.90 Å². The number of nitrogens with zero attached hydrogens (tertiary/aromatic N) is 1. The Labute approximate surface area is 116 Å². The van der Waals surface area contributed by atoms with E-state index in [2.05, 4.69) is 0 Å². The molecule has 110 valence electrons. The van der Waals surface area contributed by atoms with Crippen LogP contribution in [-0.2, 0) is 4.79 Å². The second-order valence-electron chi connectivity index (χ2n) is 6.36. The van der Waals surface area contributed by atoms with Crippen LogP contribution in [0.5, 0.6) is 0 Å². The van der Waals surface area contributed by atoms with Crippen molar-refractivity contribution in [2.75, 3.05) is 19.7 Å². The Kier molecular flexibility index (Phi) is 5.22. The molecule has 1 aliphatic carbocycles. The van der Waals surface area contributed by atoms with Crippen molar-refractivity contribution in [1.29, 1.82) is 0 Å². The maximum absolute atomic E-state index is 12.6. The van der Waals surface area contributed by atoms with Gasteiger partial charge in [-0.05, 0) is 44.1 Å². The molecule has 0 bridgehead atoms. The van der Waals surface area contributed by atoms with Gasteiger partial charge in [0.2, 0.25) is 5.91 Å². The molecule has 1 amide bonds. The molecule has 2 rings (SSSR count). The van der Waals surface area contributed by atoms with Gasteiger partial charge in [-0.2, -0.15) is 0 Å². The van der Waals surface area contributed by atoms with E-state index < -0.39 is 0 Å². The number of hydrogen-bond acceptors (Lipinski definition) is 3. The van der Waals surface area contributed by atoms with Gasteiger partial charge < -0.3 is 15.7 Å². The summed E-state index contributed by atoms with van der Waals surface area (Å²) in [7, 11) is 0. The molecule has 1 unspecified atom stereocenters. The van der Waals surface area contributed by atoms with Gasteiger partial charge in [-0.1, -0.05) is 19.3 Å². The Morgan fingerprint density at radius 1 is 1.21 bits per heavy atom. The molecule has 0 aromatic heterocycles. The lowest BCUT2D eigenvalue weighted by atomic mass is 9.71. The van der Waals surface area contributed by atoms with Crippen LogP contribution in [0.1, 0.15) is 57.8 Å². The number of hydrogen-bond donors (Lipinski definition) is 2. The molecule has 1 atom stereocenters. The van der Waals surface area contributed by atoms with E-state index in [1.165, 1.54) is 19.3 Å². The Bertz CT molecular complexity index is 301. The normalized spacial score (nSPS) is 27.3. The molecule has 0 aromatic rings. The Morgan fingerprint density at radius 3 is 2.58 bits per heavy atom. The highest BCUT2D eigenvalue weighted by atomic mass is 16.3. The van der Waals surface area contributed by atoms with Gasteiger partial charge in [-0.3, -0.25) is 4.79 Å². The van der Waals surface area contributed by atoms with Crippen molar-refractivity contribution in [3.8, 4) is 0 Å². The first kappa shape index (κ1) is 14.8. The van der Waals surface area contributed by atoms with Crippen molar-refractivity contribution in [2.24, 2.45) is 11.1 Å². The number of amides is 1. The maximum atomic E-state index is 12.6. The van der Waals surface area contributed by atoms with Crippen molar-refractivity contribution >= 4 is 5.91 Å². The van der Waals surface area contributed by atoms with Crippen LogP contribution in [0, 0.1) is 5.41 Å². The minimum absolute atomic E-state index is 0.0345. The molecule has 2 aliphatic rings. The number of piperidine rings is 1. The number of nitrogens with two attached hydrogens (primary N) is 1. The molecule has 0 radical (unpaired) electrons. The molecule has 3 N–H and O–H groups in total. The van der Waals surface area contributed by atoms with Gasteiger partial charge in [-0.25, -0.2) is 0 Å². The van der Waals surface area contributed by atoms with E-state index in [-0.39, 0.29) is 24.0 Å². The summed E-state index contributed by atoms with van der Waals surface area (Å²) in [5.41, 5.74) is 6.00. The molecular weight excluding hydrogens is 240 g/mol. The van der Waals surface area contributed by atoms with E-state index >= 15 is 0 Å². The fourth-order valence-electron chi connectivity index (χ4n) is 3.70. The summed E-state index contributed by atoms with van der Waals surface area (Å²) in [5.74, 6) is 0.214. The predicted molar refractivity (Wildman–Crippen MR) is 75.6 cm³/mol. The summed E-state index contributed by atoms with van der Waals surface area (Å²) in [6.45, 7) is 1.53. The van der Waals surface area contributed by atoms with Crippen LogP contribution in [0.3, 0.4) is 0 Å². The molecule has 1 aliphatic heterocycles. The summed E-state index contributed by atoms with van der Waals surface area (Å²) in [6, 6.07) is 0.0414.